The molecule has 2 unspecified atom stereocenters. The number of hydrogen-bond acceptors (Lipinski definition) is 3. The van der Waals surface area contributed by atoms with Crippen molar-refractivity contribution in [2.24, 2.45) is 5.92 Å². The second kappa shape index (κ2) is 6.80. The predicted octanol–water partition coefficient (Wildman–Crippen LogP) is 0.660. The second-order valence-electron chi connectivity index (χ2n) is 4.25. The average molecular weight is 256 g/mol. The summed E-state index contributed by atoms with van der Waals surface area (Å²) in [6.45, 7) is 3.62. The molecule has 0 radical (unpaired) electrons. The largest absolute Gasteiger partial charge is 0.405 e. The summed E-state index contributed by atoms with van der Waals surface area (Å²) in [6, 6.07) is -1.10. The van der Waals surface area contributed by atoms with E-state index in [4.69, 9.17) is 5.11 Å². The van der Waals surface area contributed by atoms with Crippen molar-refractivity contribution in [3.63, 3.8) is 0 Å². The molecule has 0 aliphatic heterocycles. The maximum Gasteiger partial charge on any atom is 0.405 e. The van der Waals surface area contributed by atoms with Gasteiger partial charge in [-0.25, -0.2) is 0 Å². The van der Waals surface area contributed by atoms with Crippen molar-refractivity contribution in [2.75, 3.05) is 13.2 Å². The molecule has 0 aromatic rings. The third-order valence-corrected chi connectivity index (χ3v) is 2.32. The molecule has 0 aromatic carbocycles. The van der Waals surface area contributed by atoms with Crippen molar-refractivity contribution in [3.05, 3.63) is 0 Å². The molecule has 2 atom stereocenters. The van der Waals surface area contributed by atoms with E-state index in [-0.39, 0.29) is 18.6 Å². The molecular formula is C10H19F3N2O2. The fraction of sp³-hybridized carbons (Fsp3) is 0.900. The number of amides is 1. The first kappa shape index (κ1) is 16.2. The highest BCUT2D eigenvalue weighted by atomic mass is 19.4. The Balaban J connectivity index is 4.13. The molecular weight excluding hydrogens is 237 g/mol. The lowest BCUT2D eigenvalue weighted by Crippen LogP contribution is -2.51. The van der Waals surface area contributed by atoms with Gasteiger partial charge in [0.2, 0.25) is 5.91 Å². The van der Waals surface area contributed by atoms with Gasteiger partial charge in [0.15, 0.2) is 0 Å². The molecule has 0 heterocycles. The van der Waals surface area contributed by atoms with Crippen LogP contribution in [0.4, 0.5) is 13.2 Å². The molecule has 0 aromatic heterocycles. The maximum absolute atomic E-state index is 11.9. The van der Waals surface area contributed by atoms with Crippen molar-refractivity contribution >= 4 is 5.91 Å². The Labute approximate surface area is 98.6 Å². The van der Waals surface area contributed by atoms with Gasteiger partial charge in [-0.2, -0.15) is 13.2 Å². The molecule has 17 heavy (non-hydrogen) atoms. The van der Waals surface area contributed by atoms with Crippen LogP contribution in [-0.4, -0.2) is 42.4 Å². The number of carbonyl (C=O) groups excluding carboxylic acids is 1. The summed E-state index contributed by atoms with van der Waals surface area (Å²) in [4.78, 5) is 11.3. The van der Waals surface area contributed by atoms with Crippen molar-refractivity contribution in [2.45, 2.75) is 39.0 Å². The van der Waals surface area contributed by atoms with E-state index in [1.165, 1.54) is 6.92 Å². The van der Waals surface area contributed by atoms with Gasteiger partial charge in [0.05, 0.1) is 12.6 Å². The van der Waals surface area contributed by atoms with Crippen LogP contribution < -0.4 is 10.6 Å². The van der Waals surface area contributed by atoms with Gasteiger partial charge in [0.1, 0.15) is 6.54 Å². The van der Waals surface area contributed by atoms with Crippen LogP contribution in [0.2, 0.25) is 0 Å². The molecule has 4 nitrogen and oxygen atoms in total. The minimum Gasteiger partial charge on any atom is -0.395 e. The van der Waals surface area contributed by atoms with Crippen molar-refractivity contribution < 1.29 is 23.1 Å². The molecule has 0 aliphatic carbocycles. The summed E-state index contributed by atoms with van der Waals surface area (Å²) < 4.78 is 35.6. The van der Waals surface area contributed by atoms with Crippen molar-refractivity contribution in [1.82, 2.24) is 10.6 Å². The molecule has 102 valence electrons. The van der Waals surface area contributed by atoms with Gasteiger partial charge in [-0.1, -0.05) is 13.8 Å². The SMILES string of the molecule is CC(NC(CO)C(C)C)C(=O)NCC(F)(F)F. The number of nitrogens with one attached hydrogen (secondary N) is 2. The summed E-state index contributed by atoms with van der Waals surface area (Å²) >= 11 is 0. The van der Waals surface area contributed by atoms with Crippen LogP contribution >= 0.6 is 0 Å². The number of rotatable bonds is 6. The number of aliphatic hydroxyl groups is 1. The molecule has 0 saturated heterocycles. The quantitative estimate of drug-likeness (QED) is 0.654. The third kappa shape index (κ3) is 7.17. The summed E-state index contributed by atoms with van der Waals surface area (Å²) in [5.41, 5.74) is 0. The minimum atomic E-state index is -4.41. The number of halogens is 3. The molecule has 0 bridgehead atoms. The van der Waals surface area contributed by atoms with Gasteiger partial charge in [0, 0.05) is 6.04 Å². The van der Waals surface area contributed by atoms with Crippen LogP contribution in [0.25, 0.3) is 0 Å². The molecule has 1 amide bonds. The van der Waals surface area contributed by atoms with Gasteiger partial charge < -0.3 is 15.7 Å². The number of carbonyl (C=O) groups is 1. The standard InChI is InChI=1S/C10H19F3N2O2/c1-6(2)8(4-16)15-7(3)9(17)14-5-10(11,12)13/h6-8,15-16H,4-5H2,1-3H3,(H,14,17). The van der Waals surface area contributed by atoms with Crippen LogP contribution in [0.15, 0.2) is 0 Å². The lowest BCUT2D eigenvalue weighted by Gasteiger charge is -2.24. The molecule has 0 saturated carbocycles. The number of aliphatic hydroxyl groups excluding tert-OH is 1. The van der Waals surface area contributed by atoms with Crippen LogP contribution in [0, 0.1) is 5.92 Å². The summed E-state index contributed by atoms with van der Waals surface area (Å²) in [5.74, 6) is -0.653. The second-order valence-corrected chi connectivity index (χ2v) is 4.25. The molecule has 0 rings (SSSR count). The molecule has 0 aliphatic rings. The fourth-order valence-corrected chi connectivity index (χ4v) is 1.19. The first-order valence-corrected chi connectivity index (χ1v) is 5.38. The molecule has 3 N–H and O–H groups in total. The van der Waals surface area contributed by atoms with Crippen molar-refractivity contribution in [3.8, 4) is 0 Å². The van der Waals surface area contributed by atoms with Crippen LogP contribution in [0.5, 0.6) is 0 Å². The summed E-state index contributed by atoms with van der Waals surface area (Å²) in [7, 11) is 0. The minimum absolute atomic E-state index is 0.0814. The van der Waals surface area contributed by atoms with Gasteiger partial charge in [-0.15, -0.1) is 0 Å². The van der Waals surface area contributed by atoms with E-state index in [2.05, 4.69) is 5.32 Å². The Morgan fingerprint density at radius 2 is 1.82 bits per heavy atom. The molecule has 0 spiro atoms. The Bertz CT molecular complexity index is 244. The van der Waals surface area contributed by atoms with Crippen LogP contribution in [0.3, 0.4) is 0 Å². The van der Waals surface area contributed by atoms with E-state index < -0.39 is 24.7 Å². The number of alkyl halides is 3. The zero-order valence-electron chi connectivity index (χ0n) is 10.1. The Morgan fingerprint density at radius 1 is 1.29 bits per heavy atom. The highest BCUT2D eigenvalue weighted by Gasteiger charge is 2.29. The fourth-order valence-electron chi connectivity index (χ4n) is 1.19. The first-order valence-electron chi connectivity index (χ1n) is 5.38. The number of hydrogen-bond donors (Lipinski definition) is 3. The normalized spacial score (nSPS) is 15.8. The van der Waals surface area contributed by atoms with Crippen molar-refractivity contribution in [1.29, 1.82) is 0 Å². The van der Waals surface area contributed by atoms with E-state index in [1.807, 2.05) is 13.8 Å². The zero-order valence-corrected chi connectivity index (χ0v) is 10.1. The monoisotopic (exact) mass is 256 g/mol. The lowest BCUT2D eigenvalue weighted by atomic mass is 10.0. The molecule has 7 heteroatoms. The first-order chi connectivity index (χ1) is 7.67. The highest BCUT2D eigenvalue weighted by molar-refractivity contribution is 5.81. The lowest BCUT2D eigenvalue weighted by molar-refractivity contribution is -0.139. The van der Waals surface area contributed by atoms with E-state index >= 15 is 0 Å². The topological polar surface area (TPSA) is 61.4 Å². The van der Waals surface area contributed by atoms with Gasteiger partial charge in [0.25, 0.3) is 0 Å². The Kier molecular flexibility index (Phi) is 6.48. The summed E-state index contributed by atoms with van der Waals surface area (Å²) in [5, 5.41) is 13.6. The Morgan fingerprint density at radius 3 is 2.18 bits per heavy atom. The predicted molar refractivity (Wildman–Crippen MR) is 57.4 cm³/mol. The smallest absolute Gasteiger partial charge is 0.395 e. The van der Waals surface area contributed by atoms with E-state index in [0.29, 0.717) is 0 Å². The van der Waals surface area contributed by atoms with Crippen LogP contribution in [-0.2, 0) is 4.79 Å². The third-order valence-electron chi connectivity index (χ3n) is 2.32. The molecule has 0 fully saturated rings. The highest BCUT2D eigenvalue weighted by Crippen LogP contribution is 2.12. The Hall–Kier alpha value is -0.820. The average Bonchev–Trinajstić information content (AvgIpc) is 2.20. The van der Waals surface area contributed by atoms with Gasteiger partial charge in [-0.05, 0) is 12.8 Å². The van der Waals surface area contributed by atoms with E-state index in [1.54, 1.807) is 5.32 Å². The van der Waals surface area contributed by atoms with Crippen LogP contribution in [0.1, 0.15) is 20.8 Å². The summed E-state index contributed by atoms with van der Waals surface area (Å²) in [6.07, 6.45) is -4.41. The van der Waals surface area contributed by atoms with Gasteiger partial charge >= 0.3 is 6.18 Å². The zero-order chi connectivity index (χ0) is 13.6. The maximum atomic E-state index is 11.9. The van der Waals surface area contributed by atoms with E-state index in [0.717, 1.165) is 0 Å². The van der Waals surface area contributed by atoms with E-state index in [9.17, 15) is 18.0 Å². The van der Waals surface area contributed by atoms with Gasteiger partial charge in [-0.3, -0.25) is 4.79 Å².